The summed E-state index contributed by atoms with van der Waals surface area (Å²) in [5.74, 6) is -0.975. The van der Waals surface area contributed by atoms with Crippen LogP contribution in [0.5, 0.6) is 0 Å². The van der Waals surface area contributed by atoms with Gasteiger partial charge < -0.3 is 30.5 Å². The van der Waals surface area contributed by atoms with Crippen molar-refractivity contribution in [1.82, 2.24) is 15.5 Å². The second kappa shape index (κ2) is 12.5. The Balaban J connectivity index is 0.000000758. The van der Waals surface area contributed by atoms with E-state index in [1.54, 1.807) is 25.7 Å². The van der Waals surface area contributed by atoms with E-state index in [1.807, 2.05) is 6.92 Å². The molecule has 0 radical (unpaired) electrons. The molecule has 152 valence electrons. The fourth-order valence-corrected chi connectivity index (χ4v) is 2.07. The number of nitrogens with zero attached hydrogens (tertiary/aromatic N) is 1. The molecule has 9 heteroatoms. The Bertz CT molecular complexity index is 444. The molecule has 0 aromatic rings. The number of rotatable bonds is 6. The lowest BCUT2D eigenvalue weighted by atomic mass is 10.2. The van der Waals surface area contributed by atoms with E-state index >= 15 is 0 Å². The van der Waals surface area contributed by atoms with Gasteiger partial charge in [-0.05, 0) is 27.2 Å². The zero-order valence-electron chi connectivity index (χ0n) is 16.2. The average Bonchev–Trinajstić information content (AvgIpc) is 2.57. The number of hydrogen-bond donors (Lipinski definition) is 4. The Morgan fingerprint density at radius 2 is 1.81 bits per heavy atom. The summed E-state index contributed by atoms with van der Waals surface area (Å²) in [5, 5.41) is 22.8. The monoisotopic (exact) mass is 375 g/mol. The lowest BCUT2D eigenvalue weighted by Crippen LogP contribution is -2.55. The molecule has 26 heavy (non-hydrogen) atoms. The van der Waals surface area contributed by atoms with Gasteiger partial charge in [-0.15, -0.1) is 0 Å². The van der Waals surface area contributed by atoms with Crippen LogP contribution in [0.3, 0.4) is 0 Å². The molecule has 1 heterocycles. The topological polar surface area (TPSA) is 128 Å². The summed E-state index contributed by atoms with van der Waals surface area (Å²) in [6.07, 6.45) is 1.38. The second-order valence-electron chi connectivity index (χ2n) is 6.95. The molecule has 0 aromatic heterocycles. The summed E-state index contributed by atoms with van der Waals surface area (Å²) in [7, 11) is 0. The minimum Gasteiger partial charge on any atom is -0.481 e. The van der Waals surface area contributed by atoms with Crippen LogP contribution >= 0.6 is 0 Å². The fourth-order valence-electron chi connectivity index (χ4n) is 2.07. The van der Waals surface area contributed by atoms with Crippen molar-refractivity contribution in [2.24, 2.45) is 0 Å². The van der Waals surface area contributed by atoms with Crippen molar-refractivity contribution >= 4 is 18.0 Å². The molecule has 0 spiro atoms. The maximum atomic E-state index is 12.1. The first kappa shape index (κ1) is 24.1. The van der Waals surface area contributed by atoms with Crippen LogP contribution in [0.1, 0.15) is 47.0 Å². The maximum absolute atomic E-state index is 12.1. The largest absolute Gasteiger partial charge is 0.481 e. The van der Waals surface area contributed by atoms with Crippen molar-refractivity contribution in [2.75, 3.05) is 32.8 Å². The van der Waals surface area contributed by atoms with Crippen LogP contribution in [-0.4, -0.2) is 77.5 Å². The van der Waals surface area contributed by atoms with E-state index in [1.165, 1.54) is 0 Å². The number of carbonyl (C=O) groups excluding carboxylic acids is 2. The van der Waals surface area contributed by atoms with Gasteiger partial charge in [-0.3, -0.25) is 9.59 Å². The summed E-state index contributed by atoms with van der Waals surface area (Å²) in [4.78, 5) is 35.1. The first-order valence-corrected chi connectivity index (χ1v) is 8.92. The molecule has 1 atom stereocenters. The molecule has 1 aliphatic rings. The number of hydrogen-bond acceptors (Lipinski definition) is 6. The number of aliphatic hydroxyl groups excluding tert-OH is 1. The quantitative estimate of drug-likeness (QED) is 0.534. The Morgan fingerprint density at radius 3 is 2.19 bits per heavy atom. The van der Waals surface area contributed by atoms with E-state index < -0.39 is 30.3 Å². The molecule has 1 rings (SSSR count). The third kappa shape index (κ3) is 11.6. The summed E-state index contributed by atoms with van der Waals surface area (Å²) < 4.78 is 5.06. The highest BCUT2D eigenvalue weighted by molar-refractivity contribution is 5.86. The van der Waals surface area contributed by atoms with E-state index in [-0.39, 0.29) is 5.91 Å². The number of carboxylic acids is 1. The molecule has 0 bridgehead atoms. The minimum atomic E-state index is -0.951. The Morgan fingerprint density at radius 1 is 1.23 bits per heavy atom. The van der Waals surface area contributed by atoms with Gasteiger partial charge in [0.2, 0.25) is 5.91 Å². The number of carboxylic acid groups (broad SMARTS) is 1. The van der Waals surface area contributed by atoms with Gasteiger partial charge in [-0.2, -0.15) is 0 Å². The summed E-state index contributed by atoms with van der Waals surface area (Å²) in [6, 6.07) is -0.951. The molecule has 4 N–H and O–H groups in total. The van der Waals surface area contributed by atoms with Gasteiger partial charge in [0.05, 0.1) is 6.61 Å². The third-order valence-electron chi connectivity index (χ3n) is 3.34. The predicted molar refractivity (Wildman–Crippen MR) is 96.9 cm³/mol. The molecule has 1 unspecified atom stereocenters. The van der Waals surface area contributed by atoms with E-state index in [0.717, 1.165) is 25.9 Å². The highest BCUT2D eigenvalue weighted by atomic mass is 16.6. The number of aliphatic hydroxyl groups is 1. The first-order valence-electron chi connectivity index (χ1n) is 8.92. The van der Waals surface area contributed by atoms with Gasteiger partial charge in [0.25, 0.3) is 0 Å². The highest BCUT2D eigenvalue weighted by Crippen LogP contribution is 2.07. The summed E-state index contributed by atoms with van der Waals surface area (Å²) in [6.45, 7) is 9.32. The number of unbranched alkanes of at least 4 members (excludes halogenated alkanes) is 1. The lowest BCUT2D eigenvalue weighted by molar-refractivity contribution is -0.137. The molecule has 1 aliphatic heterocycles. The fraction of sp³-hybridized carbons (Fsp3) is 0.824. The van der Waals surface area contributed by atoms with Crippen LogP contribution in [0.2, 0.25) is 0 Å². The van der Waals surface area contributed by atoms with Crippen molar-refractivity contribution in [3.63, 3.8) is 0 Å². The zero-order valence-corrected chi connectivity index (χ0v) is 16.2. The standard InChI is InChI=1S/C12H23N3O4.C5H10O2/c1-12(2,3)19-11(18)14-9(8-16)10(17)15-6-4-13-5-7-15;1-2-3-4-5(6)7/h9,13,16H,4-8H2,1-3H3,(H,14,18);2-4H2,1H3,(H,6,7). The van der Waals surface area contributed by atoms with Gasteiger partial charge in [0.1, 0.15) is 11.6 Å². The molecule has 9 nitrogen and oxygen atoms in total. The second-order valence-corrected chi connectivity index (χ2v) is 6.95. The number of nitrogens with one attached hydrogen (secondary N) is 2. The lowest BCUT2D eigenvalue weighted by Gasteiger charge is -2.31. The average molecular weight is 375 g/mol. The van der Waals surface area contributed by atoms with Crippen LogP contribution in [0.25, 0.3) is 0 Å². The van der Waals surface area contributed by atoms with E-state index in [9.17, 15) is 19.5 Å². The van der Waals surface area contributed by atoms with Gasteiger partial charge in [0.15, 0.2) is 0 Å². The van der Waals surface area contributed by atoms with Gasteiger partial charge in [-0.25, -0.2) is 4.79 Å². The molecule has 0 aliphatic carbocycles. The number of ether oxygens (including phenoxy) is 1. The molecular formula is C17H33N3O6. The summed E-state index contributed by atoms with van der Waals surface area (Å²) in [5.41, 5.74) is -0.637. The van der Waals surface area contributed by atoms with Gasteiger partial charge >= 0.3 is 12.1 Å². The number of piperazine rings is 1. The number of carbonyl (C=O) groups is 3. The van der Waals surface area contributed by atoms with E-state index in [2.05, 4.69) is 10.6 Å². The van der Waals surface area contributed by atoms with Gasteiger partial charge in [0, 0.05) is 32.6 Å². The van der Waals surface area contributed by atoms with Crippen molar-refractivity contribution in [2.45, 2.75) is 58.6 Å². The Hall–Kier alpha value is -1.87. The number of amides is 2. The molecule has 1 saturated heterocycles. The first-order chi connectivity index (χ1) is 12.1. The van der Waals surface area contributed by atoms with Crippen LogP contribution in [0.15, 0.2) is 0 Å². The molecule has 2 amide bonds. The third-order valence-corrected chi connectivity index (χ3v) is 3.34. The zero-order chi connectivity index (χ0) is 20.2. The van der Waals surface area contributed by atoms with Crippen LogP contribution in [0.4, 0.5) is 4.79 Å². The number of aliphatic carboxylic acids is 1. The highest BCUT2D eigenvalue weighted by Gasteiger charge is 2.28. The van der Waals surface area contributed by atoms with Crippen molar-refractivity contribution < 1.29 is 29.3 Å². The molecule has 0 saturated carbocycles. The molecule has 1 fully saturated rings. The van der Waals surface area contributed by atoms with Crippen molar-refractivity contribution in [3.8, 4) is 0 Å². The van der Waals surface area contributed by atoms with E-state index in [0.29, 0.717) is 19.5 Å². The van der Waals surface area contributed by atoms with Crippen LogP contribution in [0, 0.1) is 0 Å². The minimum absolute atomic E-state index is 0.283. The number of alkyl carbamates (subject to hydrolysis) is 1. The van der Waals surface area contributed by atoms with E-state index in [4.69, 9.17) is 9.84 Å². The van der Waals surface area contributed by atoms with Crippen molar-refractivity contribution in [3.05, 3.63) is 0 Å². The molecule has 0 aromatic carbocycles. The Labute approximate surface area is 155 Å². The molecular weight excluding hydrogens is 342 g/mol. The van der Waals surface area contributed by atoms with Crippen LogP contribution in [-0.2, 0) is 14.3 Å². The maximum Gasteiger partial charge on any atom is 0.408 e. The summed E-state index contributed by atoms with van der Waals surface area (Å²) >= 11 is 0. The Kier molecular flexibility index (Phi) is 11.6. The van der Waals surface area contributed by atoms with Crippen LogP contribution < -0.4 is 10.6 Å². The predicted octanol–water partition coefficient (Wildman–Crippen LogP) is 0.565. The smallest absolute Gasteiger partial charge is 0.408 e. The SMILES string of the molecule is CC(C)(C)OC(=O)NC(CO)C(=O)N1CCNCC1.CCCCC(=O)O. The van der Waals surface area contributed by atoms with Gasteiger partial charge in [-0.1, -0.05) is 13.3 Å². The van der Waals surface area contributed by atoms with Crippen molar-refractivity contribution in [1.29, 1.82) is 0 Å². The normalized spacial score (nSPS) is 15.3.